The summed E-state index contributed by atoms with van der Waals surface area (Å²) in [7, 11) is 1.65. The van der Waals surface area contributed by atoms with Gasteiger partial charge in [0.05, 0.1) is 29.6 Å². The number of benzene rings is 3. The summed E-state index contributed by atoms with van der Waals surface area (Å²) in [6.45, 7) is 2.87. The Balaban J connectivity index is 1.50. The van der Waals surface area contributed by atoms with Gasteiger partial charge < -0.3 is 25.0 Å². The molecule has 170 valence electrons. The number of piperazine rings is 1. The number of halogens is 1. The number of amides is 1. The molecule has 1 aliphatic heterocycles. The number of hydrogen-bond donors (Lipinski definition) is 2. The van der Waals surface area contributed by atoms with Gasteiger partial charge in [-0.25, -0.2) is 9.18 Å². The van der Waals surface area contributed by atoms with Gasteiger partial charge in [-0.15, -0.1) is 0 Å². The van der Waals surface area contributed by atoms with Crippen molar-refractivity contribution in [3.8, 4) is 5.75 Å². The third-order valence-electron chi connectivity index (χ3n) is 5.67. The highest BCUT2D eigenvalue weighted by molar-refractivity contribution is 6.08. The summed E-state index contributed by atoms with van der Waals surface area (Å²) in [5.41, 5.74) is 1.69. The molecule has 1 aliphatic rings. The van der Waals surface area contributed by atoms with Crippen LogP contribution in [0.15, 0.2) is 66.7 Å². The van der Waals surface area contributed by atoms with Crippen LogP contribution in [0.2, 0.25) is 0 Å². The van der Waals surface area contributed by atoms with E-state index in [1.807, 2.05) is 24.3 Å². The van der Waals surface area contributed by atoms with Crippen LogP contribution in [-0.2, 0) is 0 Å². The molecule has 3 aromatic carbocycles. The molecule has 3 aromatic rings. The van der Waals surface area contributed by atoms with E-state index < -0.39 is 17.7 Å². The van der Waals surface area contributed by atoms with Crippen LogP contribution in [0.4, 0.5) is 21.5 Å². The molecular formula is C25H24FN3O4. The Morgan fingerprint density at radius 1 is 0.909 bits per heavy atom. The van der Waals surface area contributed by atoms with E-state index in [1.54, 1.807) is 25.3 Å². The minimum absolute atomic E-state index is 0.0515. The Labute approximate surface area is 191 Å². The minimum atomic E-state index is -1.17. The number of carboxylic acid groups (broad SMARTS) is 1. The van der Waals surface area contributed by atoms with Gasteiger partial charge in [0, 0.05) is 31.9 Å². The molecular weight excluding hydrogens is 425 g/mol. The highest BCUT2D eigenvalue weighted by atomic mass is 19.1. The summed E-state index contributed by atoms with van der Waals surface area (Å²) in [4.78, 5) is 28.7. The SMILES string of the molecule is COc1ccccc1N1CCN(c2ccc(NC(=O)c3ccccc3F)c(C(=O)O)c2)CC1. The van der Waals surface area contributed by atoms with Crippen molar-refractivity contribution in [1.82, 2.24) is 0 Å². The third-order valence-corrected chi connectivity index (χ3v) is 5.67. The van der Waals surface area contributed by atoms with E-state index in [-0.39, 0.29) is 16.8 Å². The number of aromatic carboxylic acids is 1. The maximum atomic E-state index is 13.9. The van der Waals surface area contributed by atoms with Crippen molar-refractivity contribution in [1.29, 1.82) is 0 Å². The molecule has 0 aliphatic carbocycles. The molecule has 0 unspecified atom stereocenters. The molecule has 33 heavy (non-hydrogen) atoms. The van der Waals surface area contributed by atoms with Crippen molar-refractivity contribution < 1.29 is 23.8 Å². The van der Waals surface area contributed by atoms with E-state index in [9.17, 15) is 19.1 Å². The van der Waals surface area contributed by atoms with Crippen LogP contribution >= 0.6 is 0 Å². The van der Waals surface area contributed by atoms with E-state index >= 15 is 0 Å². The first-order chi connectivity index (χ1) is 16.0. The zero-order valence-electron chi connectivity index (χ0n) is 18.1. The number of nitrogens with zero attached hydrogens (tertiary/aromatic N) is 2. The van der Waals surface area contributed by atoms with E-state index in [0.717, 1.165) is 30.2 Å². The average molecular weight is 449 g/mol. The van der Waals surface area contributed by atoms with Crippen LogP contribution in [0.25, 0.3) is 0 Å². The summed E-state index contributed by atoms with van der Waals surface area (Å²) < 4.78 is 19.4. The summed E-state index contributed by atoms with van der Waals surface area (Å²) in [6.07, 6.45) is 0. The Kier molecular flexibility index (Phi) is 6.44. The smallest absolute Gasteiger partial charge is 0.337 e. The zero-order valence-corrected chi connectivity index (χ0v) is 18.1. The summed E-state index contributed by atoms with van der Waals surface area (Å²) in [6, 6.07) is 18.3. The van der Waals surface area contributed by atoms with Gasteiger partial charge in [-0.1, -0.05) is 24.3 Å². The number of anilines is 3. The van der Waals surface area contributed by atoms with Crippen molar-refractivity contribution in [3.63, 3.8) is 0 Å². The van der Waals surface area contributed by atoms with Crippen LogP contribution in [0, 0.1) is 5.82 Å². The van der Waals surface area contributed by atoms with Crippen LogP contribution < -0.4 is 19.9 Å². The maximum absolute atomic E-state index is 13.9. The molecule has 1 fully saturated rings. The fourth-order valence-corrected chi connectivity index (χ4v) is 3.95. The normalized spacial score (nSPS) is 13.5. The number of methoxy groups -OCH3 is 1. The van der Waals surface area contributed by atoms with E-state index in [4.69, 9.17) is 4.74 Å². The van der Waals surface area contributed by atoms with Crippen molar-refractivity contribution >= 4 is 28.9 Å². The fourth-order valence-electron chi connectivity index (χ4n) is 3.95. The van der Waals surface area contributed by atoms with Gasteiger partial charge in [0.1, 0.15) is 11.6 Å². The van der Waals surface area contributed by atoms with E-state index in [1.165, 1.54) is 24.3 Å². The van der Waals surface area contributed by atoms with E-state index in [2.05, 4.69) is 15.1 Å². The lowest BCUT2D eigenvalue weighted by molar-refractivity contribution is 0.0698. The first-order valence-corrected chi connectivity index (χ1v) is 10.5. The highest BCUT2D eigenvalue weighted by Crippen LogP contribution is 2.30. The number of carboxylic acids is 1. The molecule has 1 saturated heterocycles. The van der Waals surface area contributed by atoms with E-state index in [0.29, 0.717) is 13.1 Å². The molecule has 0 spiro atoms. The second kappa shape index (κ2) is 9.60. The third kappa shape index (κ3) is 4.74. The second-order valence-corrected chi connectivity index (χ2v) is 7.61. The van der Waals surface area contributed by atoms with Gasteiger partial charge in [-0.2, -0.15) is 0 Å². The molecule has 4 rings (SSSR count). The van der Waals surface area contributed by atoms with Crippen molar-refractivity contribution in [2.45, 2.75) is 0 Å². The first kappa shape index (κ1) is 22.1. The molecule has 0 radical (unpaired) electrons. The van der Waals surface area contributed by atoms with Crippen LogP contribution in [-0.4, -0.2) is 50.3 Å². The first-order valence-electron chi connectivity index (χ1n) is 10.5. The lowest BCUT2D eigenvalue weighted by Gasteiger charge is -2.38. The Morgan fingerprint density at radius 3 is 2.27 bits per heavy atom. The number of nitrogens with one attached hydrogen (secondary N) is 1. The molecule has 0 aromatic heterocycles. The quantitative estimate of drug-likeness (QED) is 0.590. The Hall–Kier alpha value is -4.07. The second-order valence-electron chi connectivity index (χ2n) is 7.61. The molecule has 8 heteroatoms. The number of hydrogen-bond acceptors (Lipinski definition) is 5. The van der Waals surface area contributed by atoms with Crippen molar-refractivity contribution in [3.05, 3.63) is 83.7 Å². The minimum Gasteiger partial charge on any atom is -0.495 e. The van der Waals surface area contributed by atoms with Crippen LogP contribution in [0.1, 0.15) is 20.7 Å². The van der Waals surface area contributed by atoms with Gasteiger partial charge in [0.2, 0.25) is 0 Å². The zero-order chi connectivity index (χ0) is 23.4. The maximum Gasteiger partial charge on any atom is 0.337 e. The number of carbonyl (C=O) groups is 2. The van der Waals surface area contributed by atoms with Crippen molar-refractivity contribution in [2.24, 2.45) is 0 Å². The van der Waals surface area contributed by atoms with Crippen molar-refractivity contribution in [2.75, 3.05) is 48.4 Å². The summed E-state index contributed by atoms with van der Waals surface area (Å²) >= 11 is 0. The average Bonchev–Trinajstić information content (AvgIpc) is 2.84. The topological polar surface area (TPSA) is 82.1 Å². The predicted molar refractivity (Wildman–Crippen MR) is 125 cm³/mol. The molecule has 0 atom stereocenters. The molecule has 0 saturated carbocycles. The molecule has 1 amide bonds. The monoisotopic (exact) mass is 449 g/mol. The van der Waals surface area contributed by atoms with Crippen LogP contribution in [0.3, 0.4) is 0 Å². The largest absolute Gasteiger partial charge is 0.495 e. The lowest BCUT2D eigenvalue weighted by atomic mass is 10.1. The lowest BCUT2D eigenvalue weighted by Crippen LogP contribution is -2.46. The van der Waals surface area contributed by atoms with Gasteiger partial charge in [0.15, 0.2) is 0 Å². The van der Waals surface area contributed by atoms with Gasteiger partial charge in [-0.05, 0) is 42.5 Å². The van der Waals surface area contributed by atoms with Crippen LogP contribution in [0.5, 0.6) is 5.75 Å². The Morgan fingerprint density at radius 2 is 1.58 bits per heavy atom. The number of ether oxygens (including phenoxy) is 1. The molecule has 7 nitrogen and oxygen atoms in total. The molecule has 1 heterocycles. The van der Waals surface area contributed by atoms with Gasteiger partial charge >= 0.3 is 5.97 Å². The predicted octanol–water partition coefficient (Wildman–Crippen LogP) is 4.11. The summed E-state index contributed by atoms with van der Waals surface area (Å²) in [5.74, 6) is -1.73. The standard InChI is InChI=1S/C25H24FN3O4/c1-33-23-9-5-4-8-22(23)29-14-12-28(13-15-29)17-10-11-21(19(16-17)25(31)32)27-24(30)18-6-2-3-7-20(18)26/h2-11,16H,12-15H2,1H3,(H,27,30)(H,31,32). The number of carbonyl (C=O) groups excluding carboxylic acids is 1. The van der Waals surface area contributed by atoms with Gasteiger partial charge in [0.25, 0.3) is 5.91 Å². The Bertz CT molecular complexity index is 1180. The molecule has 0 bridgehead atoms. The fraction of sp³-hybridized carbons (Fsp3) is 0.200. The summed E-state index contributed by atoms with van der Waals surface area (Å²) in [5, 5.41) is 12.2. The van der Waals surface area contributed by atoms with Gasteiger partial charge in [-0.3, -0.25) is 4.79 Å². The number of para-hydroxylation sites is 2. The number of rotatable bonds is 6. The molecule has 2 N–H and O–H groups in total. The highest BCUT2D eigenvalue weighted by Gasteiger charge is 2.22.